The van der Waals surface area contributed by atoms with Crippen LogP contribution < -0.4 is 16.0 Å². The maximum Gasteiger partial charge on any atom is 0.169 e. The largest absolute Gasteiger partial charge is 0.386 e. The molecule has 1 saturated heterocycles. The summed E-state index contributed by atoms with van der Waals surface area (Å²) < 4.78 is 31.7. The summed E-state index contributed by atoms with van der Waals surface area (Å²) in [5.41, 5.74) is 11.0. The molecule has 2 atom stereocenters. The third-order valence-corrected chi connectivity index (χ3v) is 7.55. The van der Waals surface area contributed by atoms with Gasteiger partial charge in [0.25, 0.3) is 0 Å². The van der Waals surface area contributed by atoms with Crippen molar-refractivity contribution >= 4 is 39.0 Å². The number of fused-ring (bicyclic) bond motifs is 4. The van der Waals surface area contributed by atoms with Crippen molar-refractivity contribution in [1.29, 1.82) is 0 Å². The molecule has 2 aliphatic rings. The summed E-state index contributed by atoms with van der Waals surface area (Å²) in [6.07, 6.45) is 9.05. The minimum Gasteiger partial charge on any atom is -0.386 e. The summed E-state index contributed by atoms with van der Waals surface area (Å²) in [6.45, 7) is 1.54. The molecule has 1 saturated carbocycles. The van der Waals surface area contributed by atoms with E-state index in [-0.39, 0.29) is 16.8 Å². The lowest BCUT2D eigenvalue weighted by Crippen LogP contribution is -2.23. The first-order valence-electron chi connectivity index (χ1n) is 11.3. The van der Waals surface area contributed by atoms with Crippen molar-refractivity contribution in [2.45, 2.75) is 18.9 Å². The number of H-pyrrole nitrogens is 1. The van der Waals surface area contributed by atoms with E-state index in [1.807, 2.05) is 12.3 Å². The standard InChI is InChI=1S/C24H22F2N8/c1-28-15-6-14(25)20(26)18-19-22(33-5-3-24(11-33)7-16(24)27)13(9-30-23(19)32-21(15)18)12-8-29-17-2-4-31-34(17)10-12/h2,4,6,8-10,16,28H,3,5,7,11,27H2,1H3,(H,30,32)/t16-,24+/m0/s1. The van der Waals surface area contributed by atoms with Crippen molar-refractivity contribution < 1.29 is 8.78 Å². The Labute approximate surface area is 192 Å². The fraction of sp³-hybridized carbons (Fsp3) is 0.292. The quantitative estimate of drug-likeness (QED) is 0.380. The van der Waals surface area contributed by atoms with E-state index in [1.54, 1.807) is 30.2 Å². The molecule has 4 aromatic heterocycles. The number of halogens is 2. The van der Waals surface area contributed by atoms with E-state index >= 15 is 4.39 Å². The van der Waals surface area contributed by atoms with Crippen LogP contribution >= 0.6 is 0 Å². The van der Waals surface area contributed by atoms with Crippen molar-refractivity contribution in [2.75, 3.05) is 30.4 Å². The fourth-order valence-electron chi connectivity index (χ4n) is 5.56. The first kappa shape index (κ1) is 19.7. The van der Waals surface area contributed by atoms with Crippen molar-refractivity contribution in [3.63, 3.8) is 0 Å². The molecule has 172 valence electrons. The van der Waals surface area contributed by atoms with Crippen LogP contribution in [0.15, 0.2) is 36.9 Å². The second kappa shape index (κ2) is 6.63. The first-order chi connectivity index (χ1) is 16.5. The van der Waals surface area contributed by atoms with Crippen LogP contribution in [0.3, 0.4) is 0 Å². The Balaban J connectivity index is 1.56. The normalized spacial score (nSPS) is 22.0. The Kier molecular flexibility index (Phi) is 3.83. The number of pyridine rings is 1. The summed E-state index contributed by atoms with van der Waals surface area (Å²) in [7, 11) is 1.68. The van der Waals surface area contributed by atoms with Gasteiger partial charge in [-0.3, -0.25) is 0 Å². The molecule has 1 spiro atoms. The molecule has 0 radical (unpaired) electrons. The predicted octanol–water partition coefficient (Wildman–Crippen LogP) is 3.67. The van der Waals surface area contributed by atoms with Crippen LogP contribution in [0.4, 0.5) is 20.2 Å². The number of hydrogen-bond acceptors (Lipinski definition) is 6. The average molecular weight is 460 g/mol. The van der Waals surface area contributed by atoms with Crippen LogP contribution in [0.5, 0.6) is 0 Å². The zero-order valence-electron chi connectivity index (χ0n) is 18.4. The first-order valence-corrected chi connectivity index (χ1v) is 11.3. The van der Waals surface area contributed by atoms with Crippen LogP contribution in [0.1, 0.15) is 12.8 Å². The molecular formula is C24H22F2N8. The van der Waals surface area contributed by atoms with E-state index in [0.717, 1.165) is 54.5 Å². The summed E-state index contributed by atoms with van der Waals surface area (Å²) in [6, 6.07) is 3.16. The number of aromatic nitrogens is 5. The molecular weight excluding hydrogens is 438 g/mol. The second-order valence-electron chi connectivity index (χ2n) is 9.41. The lowest BCUT2D eigenvalue weighted by Gasteiger charge is -2.23. The fourth-order valence-corrected chi connectivity index (χ4v) is 5.56. The van der Waals surface area contributed by atoms with Crippen molar-refractivity contribution in [2.24, 2.45) is 11.1 Å². The molecule has 8 nitrogen and oxygen atoms in total. The summed E-state index contributed by atoms with van der Waals surface area (Å²) >= 11 is 0. The molecule has 0 amide bonds. The molecule has 0 unspecified atom stereocenters. The number of nitrogens with zero attached hydrogens (tertiary/aromatic N) is 5. The van der Waals surface area contributed by atoms with Gasteiger partial charge < -0.3 is 20.9 Å². The molecule has 1 aromatic carbocycles. The van der Waals surface area contributed by atoms with Gasteiger partial charge in [0.2, 0.25) is 0 Å². The molecule has 4 N–H and O–H groups in total. The van der Waals surface area contributed by atoms with Gasteiger partial charge in [-0.15, -0.1) is 0 Å². The molecule has 5 aromatic rings. The van der Waals surface area contributed by atoms with Crippen LogP contribution in [0.2, 0.25) is 0 Å². The van der Waals surface area contributed by atoms with Gasteiger partial charge in [-0.2, -0.15) is 5.10 Å². The summed E-state index contributed by atoms with van der Waals surface area (Å²) in [4.78, 5) is 14.6. The van der Waals surface area contributed by atoms with Crippen molar-refractivity contribution in [3.8, 4) is 11.1 Å². The topological polar surface area (TPSA) is 100 Å². The average Bonchev–Trinajstić information content (AvgIpc) is 3.28. The van der Waals surface area contributed by atoms with Crippen LogP contribution in [-0.2, 0) is 0 Å². The smallest absolute Gasteiger partial charge is 0.169 e. The van der Waals surface area contributed by atoms with Gasteiger partial charge in [-0.1, -0.05) is 0 Å². The molecule has 7 rings (SSSR count). The second-order valence-corrected chi connectivity index (χ2v) is 9.41. The van der Waals surface area contributed by atoms with Crippen molar-refractivity contribution in [1.82, 2.24) is 24.6 Å². The van der Waals surface area contributed by atoms with Gasteiger partial charge in [0.1, 0.15) is 5.65 Å². The van der Waals surface area contributed by atoms with Gasteiger partial charge in [0.15, 0.2) is 17.3 Å². The Morgan fingerprint density at radius 3 is 2.85 bits per heavy atom. The predicted molar refractivity (Wildman–Crippen MR) is 127 cm³/mol. The lowest BCUT2D eigenvalue weighted by molar-refractivity contribution is 0.518. The maximum absolute atomic E-state index is 15.4. The maximum atomic E-state index is 15.4. The van der Waals surface area contributed by atoms with Gasteiger partial charge in [0, 0.05) is 73.4 Å². The number of nitrogens with two attached hydrogens (primary N) is 1. The van der Waals surface area contributed by atoms with E-state index in [9.17, 15) is 4.39 Å². The number of hydrogen-bond donors (Lipinski definition) is 3. The zero-order chi connectivity index (χ0) is 23.2. The van der Waals surface area contributed by atoms with E-state index in [0.29, 0.717) is 22.2 Å². The minimum atomic E-state index is -0.907. The number of anilines is 2. The summed E-state index contributed by atoms with van der Waals surface area (Å²) in [5, 5.41) is 8.02. The lowest BCUT2D eigenvalue weighted by atomic mass is 10.0. The van der Waals surface area contributed by atoms with Gasteiger partial charge in [0.05, 0.1) is 33.9 Å². The van der Waals surface area contributed by atoms with Gasteiger partial charge in [-0.05, 0) is 12.8 Å². The van der Waals surface area contributed by atoms with Crippen LogP contribution in [0.25, 0.3) is 38.7 Å². The third-order valence-electron chi connectivity index (χ3n) is 7.55. The van der Waals surface area contributed by atoms with E-state index < -0.39 is 11.6 Å². The monoisotopic (exact) mass is 460 g/mol. The van der Waals surface area contributed by atoms with Crippen LogP contribution in [-0.4, -0.2) is 50.7 Å². The Hall–Kier alpha value is -3.79. The molecule has 1 aliphatic heterocycles. The molecule has 5 heterocycles. The molecule has 10 heteroatoms. The van der Waals surface area contributed by atoms with Crippen LogP contribution in [0, 0.1) is 17.0 Å². The highest BCUT2D eigenvalue weighted by molar-refractivity contribution is 6.18. The third kappa shape index (κ3) is 2.57. The Morgan fingerprint density at radius 2 is 2.09 bits per heavy atom. The van der Waals surface area contributed by atoms with Gasteiger partial charge in [-0.25, -0.2) is 23.3 Å². The molecule has 34 heavy (non-hydrogen) atoms. The highest BCUT2D eigenvalue weighted by Crippen LogP contribution is 2.54. The van der Waals surface area contributed by atoms with Gasteiger partial charge >= 0.3 is 0 Å². The number of benzene rings is 1. The molecule has 2 fully saturated rings. The number of nitrogens with one attached hydrogen (secondary N) is 2. The highest BCUT2D eigenvalue weighted by Gasteiger charge is 2.55. The molecule has 1 aliphatic carbocycles. The molecule has 0 bridgehead atoms. The van der Waals surface area contributed by atoms with E-state index in [4.69, 9.17) is 5.73 Å². The Morgan fingerprint density at radius 1 is 1.24 bits per heavy atom. The van der Waals surface area contributed by atoms with E-state index in [1.165, 1.54) is 0 Å². The SMILES string of the molecule is CNc1cc(F)c(F)c2c1[nH]c1ncc(-c3cnc4ccnn4c3)c(N3CC[C@@]4(C[C@@H]4N)C3)c12. The zero-order valence-corrected chi connectivity index (χ0v) is 18.4. The minimum absolute atomic E-state index is 0.0864. The van der Waals surface area contributed by atoms with E-state index in [2.05, 4.69) is 30.3 Å². The Bertz CT molecular complexity index is 1620. The number of aromatic amines is 1. The highest BCUT2D eigenvalue weighted by atomic mass is 19.2. The summed E-state index contributed by atoms with van der Waals surface area (Å²) in [5.74, 6) is -1.80. The number of rotatable bonds is 3. The van der Waals surface area contributed by atoms with Crippen molar-refractivity contribution in [3.05, 3.63) is 48.6 Å².